The summed E-state index contributed by atoms with van der Waals surface area (Å²) in [5.74, 6) is -0.614. The molecule has 0 spiro atoms. The molecule has 8 heteroatoms. The summed E-state index contributed by atoms with van der Waals surface area (Å²) in [5.41, 5.74) is 5.64. The number of amides is 1. The van der Waals surface area contributed by atoms with Gasteiger partial charge in [0.15, 0.2) is 0 Å². The molecule has 1 atom stereocenters. The molecule has 1 amide bonds. The Morgan fingerprint density at radius 2 is 1.24 bits per heavy atom. The van der Waals surface area contributed by atoms with Gasteiger partial charge >= 0.3 is 0 Å². The third kappa shape index (κ3) is 4.03. The van der Waals surface area contributed by atoms with E-state index in [-0.39, 0.29) is 33.2 Å². The smallest absolute Gasteiger partial charge is 0.265 e. The van der Waals surface area contributed by atoms with E-state index in [1.807, 2.05) is 66.7 Å². The average molecular weight is 575 g/mol. The Hall–Kier alpha value is -4.78. The molecule has 7 rings (SSSR count). The second-order valence-corrected chi connectivity index (χ2v) is 10.4. The standard InChI is InChI=1S/C33H20Cl2N4O2/c34-30-24(13-7-17-36-30)32(40)38-19-26(22-11-3-5-15-27(22)38)29-23-12-2-1-9-20(23)21-10-4-6-16-28(21)39(29)33(41)25-14-8-18-37-31(25)35/h1-19,29H. The van der Waals surface area contributed by atoms with Crippen LogP contribution in [-0.4, -0.2) is 26.3 Å². The van der Waals surface area contributed by atoms with Crippen molar-refractivity contribution in [1.29, 1.82) is 0 Å². The van der Waals surface area contributed by atoms with Gasteiger partial charge in [0.25, 0.3) is 11.8 Å². The molecule has 6 nitrogen and oxygen atoms in total. The van der Waals surface area contributed by atoms with Crippen LogP contribution in [0.5, 0.6) is 0 Å². The molecular formula is C33H20Cl2N4O2. The van der Waals surface area contributed by atoms with Gasteiger partial charge in [-0.25, -0.2) is 9.97 Å². The van der Waals surface area contributed by atoms with Crippen molar-refractivity contribution in [2.45, 2.75) is 6.04 Å². The number of carbonyl (C=O) groups is 2. The van der Waals surface area contributed by atoms with E-state index in [0.29, 0.717) is 5.52 Å². The molecule has 198 valence electrons. The Labute approximate surface area is 245 Å². The average Bonchev–Trinajstić information content (AvgIpc) is 3.39. The van der Waals surface area contributed by atoms with Crippen molar-refractivity contribution in [3.05, 3.63) is 148 Å². The maximum absolute atomic E-state index is 14.4. The van der Waals surface area contributed by atoms with Crippen molar-refractivity contribution in [2.24, 2.45) is 0 Å². The van der Waals surface area contributed by atoms with Gasteiger partial charge in [0.2, 0.25) is 0 Å². The van der Waals surface area contributed by atoms with Crippen molar-refractivity contribution >= 4 is 51.6 Å². The first-order valence-corrected chi connectivity index (χ1v) is 13.7. The molecule has 0 radical (unpaired) electrons. The number of fused-ring (bicyclic) bond motifs is 4. The molecule has 0 N–H and O–H groups in total. The molecule has 0 bridgehead atoms. The second-order valence-electron chi connectivity index (χ2n) is 9.64. The fourth-order valence-electron chi connectivity index (χ4n) is 5.65. The van der Waals surface area contributed by atoms with Crippen molar-refractivity contribution in [2.75, 3.05) is 4.90 Å². The molecule has 6 aromatic rings. The number of nitrogens with zero attached hydrogens (tertiary/aromatic N) is 4. The first kappa shape index (κ1) is 25.2. The molecule has 41 heavy (non-hydrogen) atoms. The lowest BCUT2D eigenvalue weighted by molar-refractivity contribution is 0.0963. The minimum atomic E-state index is -0.576. The fraction of sp³-hybridized carbons (Fsp3) is 0.0303. The number of rotatable bonds is 3. The zero-order valence-corrected chi connectivity index (χ0v) is 22.9. The summed E-state index contributed by atoms with van der Waals surface area (Å²) in [4.78, 5) is 38.3. The third-order valence-electron chi connectivity index (χ3n) is 7.42. The van der Waals surface area contributed by atoms with Gasteiger partial charge < -0.3 is 0 Å². The molecule has 1 aliphatic rings. The van der Waals surface area contributed by atoms with E-state index in [4.69, 9.17) is 23.2 Å². The van der Waals surface area contributed by atoms with E-state index in [0.717, 1.165) is 33.3 Å². The van der Waals surface area contributed by atoms with Crippen molar-refractivity contribution in [1.82, 2.24) is 14.5 Å². The highest BCUT2D eigenvalue weighted by Crippen LogP contribution is 2.49. The summed E-state index contributed by atoms with van der Waals surface area (Å²) in [5, 5.41) is 1.07. The number of hydrogen-bond acceptors (Lipinski definition) is 4. The van der Waals surface area contributed by atoms with Crippen LogP contribution in [0.1, 0.15) is 37.9 Å². The molecule has 0 saturated carbocycles. The van der Waals surface area contributed by atoms with Crippen molar-refractivity contribution < 1.29 is 9.59 Å². The van der Waals surface area contributed by atoms with Crippen molar-refractivity contribution in [3.8, 4) is 11.1 Å². The number of para-hydroxylation sites is 2. The van der Waals surface area contributed by atoms with Crippen molar-refractivity contribution in [3.63, 3.8) is 0 Å². The Morgan fingerprint density at radius 1 is 0.634 bits per heavy atom. The molecule has 0 aliphatic carbocycles. The van der Waals surface area contributed by atoms with Crippen LogP contribution in [0.15, 0.2) is 116 Å². The summed E-state index contributed by atoms with van der Waals surface area (Å²) in [6.45, 7) is 0. The molecule has 3 aromatic carbocycles. The predicted molar refractivity (Wildman–Crippen MR) is 161 cm³/mol. The first-order chi connectivity index (χ1) is 20.0. The van der Waals surface area contributed by atoms with Crippen LogP contribution in [0.4, 0.5) is 5.69 Å². The number of halogens is 2. The van der Waals surface area contributed by atoms with Gasteiger partial charge in [0.1, 0.15) is 10.3 Å². The minimum Gasteiger partial charge on any atom is -0.296 e. The molecule has 0 fully saturated rings. The lowest BCUT2D eigenvalue weighted by Gasteiger charge is -2.39. The summed E-state index contributed by atoms with van der Waals surface area (Å²) in [6, 6.07) is 29.6. The maximum Gasteiger partial charge on any atom is 0.265 e. The monoisotopic (exact) mass is 574 g/mol. The van der Waals surface area contributed by atoms with E-state index in [2.05, 4.69) is 16.0 Å². The van der Waals surface area contributed by atoms with E-state index >= 15 is 0 Å². The normalized spacial score (nSPS) is 14.0. The summed E-state index contributed by atoms with van der Waals surface area (Å²) < 4.78 is 1.58. The van der Waals surface area contributed by atoms with Gasteiger partial charge in [-0.05, 0) is 47.5 Å². The van der Waals surface area contributed by atoms with Gasteiger partial charge in [0, 0.05) is 35.1 Å². The SMILES string of the molecule is O=C(c1cccnc1Cl)N1c2ccccc2-c2ccccc2C1c1cn(C(=O)c2cccnc2Cl)c2ccccc12. The van der Waals surface area contributed by atoms with Crippen LogP contribution in [0.3, 0.4) is 0 Å². The molecule has 3 aromatic heterocycles. The van der Waals surface area contributed by atoms with Gasteiger partial charge in [-0.2, -0.15) is 0 Å². The highest BCUT2D eigenvalue weighted by molar-refractivity contribution is 6.34. The van der Waals surface area contributed by atoms with Crippen LogP contribution in [0.2, 0.25) is 10.3 Å². The summed E-state index contributed by atoms with van der Waals surface area (Å²) >= 11 is 12.8. The number of hydrogen-bond donors (Lipinski definition) is 0. The van der Waals surface area contributed by atoms with Gasteiger partial charge in [-0.3, -0.25) is 19.1 Å². The Kier molecular flexibility index (Phi) is 6.15. The largest absolute Gasteiger partial charge is 0.296 e. The Morgan fingerprint density at radius 3 is 1.98 bits per heavy atom. The number of carbonyl (C=O) groups excluding carboxylic acids is 2. The first-order valence-electron chi connectivity index (χ1n) is 12.9. The van der Waals surface area contributed by atoms with Crippen LogP contribution in [-0.2, 0) is 0 Å². The van der Waals surface area contributed by atoms with Gasteiger partial charge in [-0.1, -0.05) is 83.9 Å². The number of pyridine rings is 2. The van der Waals surface area contributed by atoms with Crippen LogP contribution in [0.25, 0.3) is 22.0 Å². The molecule has 4 heterocycles. The van der Waals surface area contributed by atoms with E-state index < -0.39 is 6.04 Å². The molecule has 1 aliphatic heterocycles. The molecule has 1 unspecified atom stereocenters. The van der Waals surface area contributed by atoms with E-state index in [9.17, 15) is 9.59 Å². The third-order valence-corrected chi connectivity index (χ3v) is 8.02. The number of anilines is 1. The number of aromatic nitrogens is 3. The number of benzene rings is 3. The Balaban J connectivity index is 1.51. The highest BCUT2D eigenvalue weighted by Gasteiger charge is 2.38. The predicted octanol–water partition coefficient (Wildman–Crippen LogP) is 7.84. The topological polar surface area (TPSA) is 68.1 Å². The zero-order valence-electron chi connectivity index (χ0n) is 21.4. The summed E-state index contributed by atoms with van der Waals surface area (Å²) in [6.07, 6.45) is 4.90. The lowest BCUT2D eigenvalue weighted by Crippen LogP contribution is -2.38. The molecule has 0 saturated heterocycles. The second kappa shape index (κ2) is 10.0. The zero-order chi connectivity index (χ0) is 28.1. The highest BCUT2D eigenvalue weighted by atomic mass is 35.5. The fourth-order valence-corrected chi connectivity index (χ4v) is 6.05. The quantitative estimate of drug-likeness (QED) is 0.202. The van der Waals surface area contributed by atoms with Gasteiger partial charge in [-0.15, -0.1) is 0 Å². The van der Waals surface area contributed by atoms with Crippen LogP contribution >= 0.6 is 23.2 Å². The van der Waals surface area contributed by atoms with Crippen LogP contribution < -0.4 is 4.90 Å². The van der Waals surface area contributed by atoms with E-state index in [1.54, 1.807) is 52.3 Å². The van der Waals surface area contributed by atoms with E-state index in [1.165, 1.54) is 0 Å². The maximum atomic E-state index is 14.4. The Bertz CT molecular complexity index is 2000. The van der Waals surface area contributed by atoms with Gasteiger partial charge in [0.05, 0.1) is 28.4 Å². The minimum absolute atomic E-state index is 0.122. The molecular weight excluding hydrogens is 555 g/mol. The van der Waals surface area contributed by atoms with Crippen LogP contribution in [0, 0.1) is 0 Å². The lowest BCUT2D eigenvalue weighted by atomic mass is 9.84. The summed E-state index contributed by atoms with van der Waals surface area (Å²) in [7, 11) is 0.